The lowest BCUT2D eigenvalue weighted by atomic mass is 10.2. The molecular weight excluding hydrogens is 373 g/mol. The van der Waals surface area contributed by atoms with Crippen LogP contribution < -0.4 is 10.6 Å². The number of carbonyl (C=O) groups is 2. The number of alkyl halides is 3. The zero-order valence-corrected chi connectivity index (χ0v) is 13.9. The fraction of sp³-hybridized carbons (Fsp3) is 0.125. The van der Waals surface area contributed by atoms with Crippen LogP contribution in [0.15, 0.2) is 30.6 Å². The van der Waals surface area contributed by atoms with E-state index in [0.717, 1.165) is 6.07 Å². The molecule has 0 aliphatic heterocycles. The van der Waals surface area contributed by atoms with Crippen LogP contribution in [-0.4, -0.2) is 28.0 Å². The van der Waals surface area contributed by atoms with Gasteiger partial charge in [-0.2, -0.15) is 13.2 Å². The number of nitrogens with zero attached hydrogens (tertiary/aromatic N) is 2. The molecule has 6 nitrogen and oxygen atoms in total. The van der Waals surface area contributed by atoms with Crippen molar-refractivity contribution < 1.29 is 22.8 Å². The molecule has 26 heavy (non-hydrogen) atoms. The minimum Gasteiger partial charge on any atom is -0.316 e. The van der Waals surface area contributed by atoms with E-state index in [1.165, 1.54) is 31.5 Å². The first-order valence-corrected chi connectivity index (χ1v) is 7.32. The second-order valence-electron chi connectivity index (χ2n) is 4.86. The highest BCUT2D eigenvalue weighted by molar-refractivity contribution is 6.30. The van der Waals surface area contributed by atoms with Crippen LogP contribution in [0.1, 0.15) is 18.2 Å². The van der Waals surface area contributed by atoms with E-state index in [9.17, 15) is 22.8 Å². The molecule has 0 radical (unpaired) electrons. The van der Waals surface area contributed by atoms with E-state index in [-0.39, 0.29) is 28.1 Å². The number of anilines is 2. The average molecular weight is 383 g/mol. The Morgan fingerprint density at radius 1 is 1.15 bits per heavy atom. The van der Waals surface area contributed by atoms with Gasteiger partial charge < -0.3 is 10.6 Å². The van der Waals surface area contributed by atoms with Crippen molar-refractivity contribution in [2.45, 2.75) is 13.1 Å². The van der Waals surface area contributed by atoms with Crippen molar-refractivity contribution in [2.24, 2.45) is 0 Å². The van der Waals surface area contributed by atoms with Gasteiger partial charge in [0.15, 0.2) is 0 Å². The molecule has 2 amide bonds. The summed E-state index contributed by atoms with van der Waals surface area (Å²) in [6, 6.07) is 4.11. The molecule has 0 bridgehead atoms. The summed E-state index contributed by atoms with van der Waals surface area (Å²) in [5.74, 6) is 3.00. The largest absolute Gasteiger partial charge is 0.471 e. The summed E-state index contributed by atoms with van der Waals surface area (Å²) in [5, 5.41) is 4.19. The molecule has 0 aliphatic rings. The molecule has 0 saturated heterocycles. The third-order valence-corrected chi connectivity index (χ3v) is 2.96. The van der Waals surface area contributed by atoms with Gasteiger partial charge in [0.25, 0.3) is 0 Å². The predicted octanol–water partition coefficient (Wildman–Crippen LogP) is 2.99. The van der Waals surface area contributed by atoms with Gasteiger partial charge in [0, 0.05) is 24.9 Å². The molecular formula is C16H10ClF3N4O2. The minimum absolute atomic E-state index is 0.0323. The number of pyridine rings is 2. The van der Waals surface area contributed by atoms with Gasteiger partial charge in [-0.15, -0.1) is 0 Å². The lowest BCUT2D eigenvalue weighted by Gasteiger charge is -2.09. The number of nitrogens with one attached hydrogen (secondary N) is 2. The molecule has 2 heterocycles. The van der Waals surface area contributed by atoms with E-state index in [4.69, 9.17) is 11.6 Å². The SMILES string of the molecule is CC(=O)Nc1cc(C#Cc2ncc(Cl)cc2NC(=O)C(F)(F)F)ccn1. The number of hydrogen-bond acceptors (Lipinski definition) is 4. The molecule has 2 N–H and O–H groups in total. The van der Waals surface area contributed by atoms with E-state index in [1.54, 1.807) is 5.32 Å². The van der Waals surface area contributed by atoms with Crippen LogP contribution in [0.25, 0.3) is 0 Å². The Morgan fingerprint density at radius 3 is 2.54 bits per heavy atom. The van der Waals surface area contributed by atoms with Crippen molar-refractivity contribution in [2.75, 3.05) is 10.6 Å². The fourth-order valence-electron chi connectivity index (χ4n) is 1.72. The Kier molecular flexibility index (Phi) is 5.79. The van der Waals surface area contributed by atoms with Crippen LogP contribution in [0.4, 0.5) is 24.7 Å². The van der Waals surface area contributed by atoms with Crippen LogP contribution in [0, 0.1) is 11.8 Å². The molecule has 10 heteroatoms. The molecule has 0 saturated carbocycles. The van der Waals surface area contributed by atoms with Gasteiger partial charge in [-0.1, -0.05) is 17.5 Å². The number of carbonyl (C=O) groups excluding carboxylic acids is 2. The monoisotopic (exact) mass is 382 g/mol. The molecule has 0 fully saturated rings. The molecule has 2 aromatic heterocycles. The van der Waals surface area contributed by atoms with Crippen molar-refractivity contribution in [3.05, 3.63) is 46.9 Å². The first-order chi connectivity index (χ1) is 12.1. The Bertz CT molecular complexity index is 920. The molecule has 0 unspecified atom stereocenters. The third-order valence-electron chi connectivity index (χ3n) is 2.75. The normalized spacial score (nSPS) is 10.5. The highest BCUT2D eigenvalue weighted by Gasteiger charge is 2.39. The summed E-state index contributed by atoms with van der Waals surface area (Å²) in [6.45, 7) is 1.31. The lowest BCUT2D eigenvalue weighted by molar-refractivity contribution is -0.167. The maximum absolute atomic E-state index is 12.4. The van der Waals surface area contributed by atoms with Crippen molar-refractivity contribution in [3.63, 3.8) is 0 Å². The molecule has 134 valence electrons. The summed E-state index contributed by atoms with van der Waals surface area (Å²) in [6.07, 6.45) is -2.48. The van der Waals surface area contributed by atoms with E-state index in [1.807, 2.05) is 0 Å². The molecule has 0 aliphatic carbocycles. The van der Waals surface area contributed by atoms with Crippen molar-refractivity contribution in [1.82, 2.24) is 9.97 Å². The lowest BCUT2D eigenvalue weighted by Crippen LogP contribution is -2.30. The van der Waals surface area contributed by atoms with Crippen LogP contribution in [0.3, 0.4) is 0 Å². The topological polar surface area (TPSA) is 84.0 Å². The van der Waals surface area contributed by atoms with E-state index in [2.05, 4.69) is 27.1 Å². The second kappa shape index (κ2) is 7.84. The Labute approximate surface area is 150 Å². The first-order valence-electron chi connectivity index (χ1n) is 6.94. The van der Waals surface area contributed by atoms with Crippen LogP contribution in [0.5, 0.6) is 0 Å². The molecule has 2 rings (SSSR count). The summed E-state index contributed by atoms with van der Waals surface area (Å²) in [5.41, 5.74) is 0.0435. The zero-order chi connectivity index (χ0) is 19.3. The summed E-state index contributed by atoms with van der Waals surface area (Å²) in [4.78, 5) is 29.9. The first kappa shape index (κ1) is 19.2. The predicted molar refractivity (Wildman–Crippen MR) is 88.5 cm³/mol. The average Bonchev–Trinajstić information content (AvgIpc) is 2.53. The number of amides is 2. The van der Waals surface area contributed by atoms with Crippen LogP contribution >= 0.6 is 11.6 Å². The van der Waals surface area contributed by atoms with E-state index >= 15 is 0 Å². The summed E-state index contributed by atoms with van der Waals surface area (Å²) < 4.78 is 37.3. The number of aromatic nitrogens is 2. The maximum Gasteiger partial charge on any atom is 0.471 e. The Morgan fingerprint density at radius 2 is 1.88 bits per heavy atom. The van der Waals surface area contributed by atoms with E-state index in [0.29, 0.717) is 5.56 Å². The quantitative estimate of drug-likeness (QED) is 0.782. The molecule has 2 aromatic rings. The third kappa shape index (κ3) is 5.46. The van der Waals surface area contributed by atoms with Crippen molar-refractivity contribution in [1.29, 1.82) is 0 Å². The smallest absolute Gasteiger partial charge is 0.316 e. The number of hydrogen-bond donors (Lipinski definition) is 2. The van der Waals surface area contributed by atoms with E-state index < -0.39 is 12.1 Å². The second-order valence-corrected chi connectivity index (χ2v) is 5.30. The highest BCUT2D eigenvalue weighted by Crippen LogP contribution is 2.22. The van der Waals surface area contributed by atoms with Gasteiger partial charge in [0.1, 0.15) is 11.5 Å². The maximum atomic E-state index is 12.4. The number of halogens is 4. The fourth-order valence-corrected chi connectivity index (χ4v) is 1.87. The van der Waals surface area contributed by atoms with Gasteiger partial charge >= 0.3 is 12.1 Å². The van der Waals surface area contributed by atoms with Gasteiger partial charge in [0.2, 0.25) is 5.91 Å². The minimum atomic E-state index is -5.06. The Balaban J connectivity index is 2.32. The number of rotatable bonds is 2. The summed E-state index contributed by atoms with van der Waals surface area (Å²) >= 11 is 5.71. The van der Waals surface area contributed by atoms with Crippen LogP contribution in [-0.2, 0) is 9.59 Å². The van der Waals surface area contributed by atoms with Gasteiger partial charge in [-0.3, -0.25) is 9.59 Å². The van der Waals surface area contributed by atoms with Gasteiger partial charge in [0.05, 0.1) is 10.7 Å². The Hall–Kier alpha value is -3.12. The highest BCUT2D eigenvalue weighted by atomic mass is 35.5. The van der Waals surface area contributed by atoms with Crippen molar-refractivity contribution >= 4 is 34.9 Å². The summed E-state index contributed by atoms with van der Waals surface area (Å²) in [7, 11) is 0. The molecule has 0 aromatic carbocycles. The standard InChI is InChI=1S/C16H10ClF3N4O2/c1-9(25)23-14-6-10(4-5-21-14)2-3-12-13(7-11(17)8-22-12)24-15(26)16(18,19)20/h4-8H,1H3,(H,24,26)(H,21,23,25). The van der Waals surface area contributed by atoms with Gasteiger partial charge in [-0.25, -0.2) is 9.97 Å². The molecule has 0 atom stereocenters. The zero-order valence-electron chi connectivity index (χ0n) is 13.1. The molecule has 0 spiro atoms. The van der Waals surface area contributed by atoms with Crippen molar-refractivity contribution in [3.8, 4) is 11.8 Å². The van der Waals surface area contributed by atoms with Gasteiger partial charge in [-0.05, 0) is 24.1 Å². The van der Waals surface area contributed by atoms with Crippen LogP contribution in [0.2, 0.25) is 5.02 Å².